The van der Waals surface area contributed by atoms with Crippen molar-refractivity contribution in [2.75, 3.05) is 33.2 Å². The number of likely N-dealkylation sites (N-methyl/N-ethyl adjacent to an activating group) is 2. The minimum absolute atomic E-state index is 0.165. The zero-order valence-electron chi connectivity index (χ0n) is 7.54. The van der Waals surface area contributed by atoms with E-state index in [1.165, 1.54) is 0 Å². The quantitative estimate of drug-likeness (QED) is 0.561. The summed E-state index contributed by atoms with van der Waals surface area (Å²) in [5, 5.41) is 0. The molecule has 2 rings (SSSR count). The van der Waals surface area contributed by atoms with Gasteiger partial charge in [0.1, 0.15) is 0 Å². The lowest BCUT2D eigenvalue weighted by Gasteiger charge is -2.45. The van der Waals surface area contributed by atoms with Gasteiger partial charge < -0.3 is 9.64 Å². The number of rotatable bonds is 1. The molecule has 0 saturated carbocycles. The Morgan fingerprint density at radius 2 is 2.17 bits per heavy atom. The molecule has 0 aromatic rings. The summed E-state index contributed by atoms with van der Waals surface area (Å²) in [5.74, 6) is 0. The van der Waals surface area contributed by atoms with E-state index >= 15 is 0 Å². The molecule has 2 aliphatic heterocycles. The SMILES string of the molecule is CCN1CC2(C1)CN(C)C(=O)O2. The molecule has 68 valence electrons. The maximum Gasteiger partial charge on any atom is 0.410 e. The zero-order chi connectivity index (χ0) is 8.77. The second-order valence-corrected chi connectivity index (χ2v) is 3.71. The molecule has 2 saturated heterocycles. The third kappa shape index (κ3) is 0.982. The fourth-order valence-electron chi connectivity index (χ4n) is 1.95. The van der Waals surface area contributed by atoms with E-state index < -0.39 is 0 Å². The van der Waals surface area contributed by atoms with Gasteiger partial charge in [-0.2, -0.15) is 0 Å². The number of carbonyl (C=O) groups is 1. The summed E-state index contributed by atoms with van der Waals surface area (Å²) in [7, 11) is 1.78. The summed E-state index contributed by atoms with van der Waals surface area (Å²) in [6.45, 7) is 5.72. The Labute approximate surface area is 72.1 Å². The highest BCUT2D eigenvalue weighted by molar-refractivity contribution is 5.70. The van der Waals surface area contributed by atoms with Crippen molar-refractivity contribution in [2.24, 2.45) is 0 Å². The Balaban J connectivity index is 1.96. The average Bonchev–Trinajstić information content (AvgIpc) is 2.25. The number of ether oxygens (including phenoxy) is 1. The normalized spacial score (nSPS) is 27.5. The van der Waals surface area contributed by atoms with Crippen LogP contribution in [0.3, 0.4) is 0 Å². The summed E-state index contributed by atoms with van der Waals surface area (Å²) >= 11 is 0. The van der Waals surface area contributed by atoms with E-state index in [0.29, 0.717) is 0 Å². The van der Waals surface area contributed by atoms with Crippen LogP contribution in [0.1, 0.15) is 6.92 Å². The molecule has 0 aromatic heterocycles. The van der Waals surface area contributed by atoms with Gasteiger partial charge in [-0.05, 0) is 6.54 Å². The van der Waals surface area contributed by atoms with Crippen molar-refractivity contribution in [3.63, 3.8) is 0 Å². The maximum absolute atomic E-state index is 11.1. The molecular formula is C8H14N2O2. The van der Waals surface area contributed by atoms with Crippen molar-refractivity contribution in [3.8, 4) is 0 Å². The lowest BCUT2D eigenvalue weighted by atomic mass is 9.94. The van der Waals surface area contributed by atoms with Gasteiger partial charge in [-0.15, -0.1) is 0 Å². The number of amides is 1. The van der Waals surface area contributed by atoms with E-state index in [0.717, 1.165) is 26.2 Å². The molecule has 0 atom stereocenters. The topological polar surface area (TPSA) is 32.8 Å². The Morgan fingerprint density at radius 1 is 1.50 bits per heavy atom. The molecule has 4 nitrogen and oxygen atoms in total. The highest BCUT2D eigenvalue weighted by Crippen LogP contribution is 2.30. The van der Waals surface area contributed by atoms with Crippen molar-refractivity contribution in [2.45, 2.75) is 12.5 Å². The van der Waals surface area contributed by atoms with Gasteiger partial charge in [0, 0.05) is 20.1 Å². The van der Waals surface area contributed by atoms with Crippen molar-refractivity contribution in [1.29, 1.82) is 0 Å². The molecule has 1 spiro atoms. The van der Waals surface area contributed by atoms with Crippen LogP contribution >= 0.6 is 0 Å². The first-order valence-electron chi connectivity index (χ1n) is 4.32. The molecule has 2 heterocycles. The summed E-state index contributed by atoms with van der Waals surface area (Å²) < 4.78 is 5.27. The van der Waals surface area contributed by atoms with Crippen LogP contribution in [0, 0.1) is 0 Å². The lowest BCUT2D eigenvalue weighted by molar-refractivity contribution is -0.0707. The smallest absolute Gasteiger partial charge is 0.410 e. The van der Waals surface area contributed by atoms with Crippen LogP contribution in [-0.2, 0) is 4.74 Å². The predicted octanol–water partition coefficient (Wildman–Crippen LogP) is 0.143. The zero-order valence-corrected chi connectivity index (χ0v) is 7.54. The molecule has 2 aliphatic rings. The largest absolute Gasteiger partial charge is 0.438 e. The van der Waals surface area contributed by atoms with E-state index in [4.69, 9.17) is 4.74 Å². The second-order valence-electron chi connectivity index (χ2n) is 3.71. The van der Waals surface area contributed by atoms with E-state index in [2.05, 4.69) is 11.8 Å². The third-order valence-corrected chi connectivity index (χ3v) is 2.61. The van der Waals surface area contributed by atoms with Gasteiger partial charge in [-0.1, -0.05) is 6.92 Å². The fraction of sp³-hybridized carbons (Fsp3) is 0.875. The second kappa shape index (κ2) is 2.36. The van der Waals surface area contributed by atoms with Crippen LogP contribution in [0.4, 0.5) is 4.79 Å². The monoisotopic (exact) mass is 170 g/mol. The first-order valence-corrected chi connectivity index (χ1v) is 4.32. The molecule has 1 amide bonds. The number of carbonyl (C=O) groups excluding carboxylic acids is 1. The van der Waals surface area contributed by atoms with E-state index in [1.807, 2.05) is 0 Å². The highest BCUT2D eigenvalue weighted by Gasteiger charge is 2.51. The van der Waals surface area contributed by atoms with Crippen LogP contribution < -0.4 is 0 Å². The molecule has 0 unspecified atom stereocenters. The molecular weight excluding hydrogens is 156 g/mol. The predicted molar refractivity (Wildman–Crippen MR) is 44.0 cm³/mol. The number of hydrogen-bond donors (Lipinski definition) is 0. The Bertz CT molecular complexity index is 211. The van der Waals surface area contributed by atoms with Gasteiger partial charge in [-0.3, -0.25) is 4.90 Å². The molecule has 4 heteroatoms. The molecule has 2 fully saturated rings. The molecule has 0 radical (unpaired) electrons. The van der Waals surface area contributed by atoms with Crippen molar-refractivity contribution < 1.29 is 9.53 Å². The minimum Gasteiger partial charge on any atom is -0.438 e. The Morgan fingerprint density at radius 3 is 2.58 bits per heavy atom. The van der Waals surface area contributed by atoms with Crippen molar-refractivity contribution >= 4 is 6.09 Å². The summed E-state index contributed by atoms with van der Waals surface area (Å²) in [6, 6.07) is 0. The van der Waals surface area contributed by atoms with Crippen LogP contribution in [0.25, 0.3) is 0 Å². The molecule has 0 aliphatic carbocycles. The van der Waals surface area contributed by atoms with Gasteiger partial charge in [0.05, 0.1) is 6.54 Å². The van der Waals surface area contributed by atoms with Gasteiger partial charge in [0.25, 0.3) is 0 Å². The highest BCUT2D eigenvalue weighted by atomic mass is 16.6. The maximum atomic E-state index is 11.1. The number of likely N-dealkylation sites (tertiary alicyclic amines) is 1. The first-order chi connectivity index (χ1) is 5.65. The van der Waals surface area contributed by atoms with Gasteiger partial charge in [-0.25, -0.2) is 4.79 Å². The summed E-state index contributed by atoms with van der Waals surface area (Å²) in [6.07, 6.45) is -0.175. The third-order valence-electron chi connectivity index (χ3n) is 2.61. The van der Waals surface area contributed by atoms with Crippen LogP contribution in [0.5, 0.6) is 0 Å². The fourth-order valence-corrected chi connectivity index (χ4v) is 1.95. The number of hydrogen-bond acceptors (Lipinski definition) is 3. The minimum atomic E-state index is -0.175. The van der Waals surface area contributed by atoms with E-state index in [-0.39, 0.29) is 11.7 Å². The van der Waals surface area contributed by atoms with Gasteiger partial charge >= 0.3 is 6.09 Å². The van der Waals surface area contributed by atoms with Gasteiger partial charge in [0.15, 0.2) is 5.60 Å². The van der Waals surface area contributed by atoms with E-state index in [9.17, 15) is 4.79 Å². The van der Waals surface area contributed by atoms with E-state index in [1.54, 1.807) is 11.9 Å². The standard InChI is InChI=1S/C8H14N2O2/c1-3-10-5-8(6-10)4-9(2)7(11)12-8/h3-6H2,1-2H3. The van der Waals surface area contributed by atoms with Crippen molar-refractivity contribution in [3.05, 3.63) is 0 Å². The Hall–Kier alpha value is -0.770. The molecule has 0 aromatic carbocycles. The van der Waals surface area contributed by atoms with Crippen LogP contribution in [0.15, 0.2) is 0 Å². The van der Waals surface area contributed by atoms with Crippen LogP contribution in [0.2, 0.25) is 0 Å². The van der Waals surface area contributed by atoms with Crippen molar-refractivity contribution in [1.82, 2.24) is 9.80 Å². The molecule has 0 N–H and O–H groups in total. The van der Waals surface area contributed by atoms with Gasteiger partial charge in [0.2, 0.25) is 0 Å². The Kier molecular flexibility index (Phi) is 1.54. The lowest BCUT2D eigenvalue weighted by Crippen LogP contribution is -2.63. The first kappa shape index (κ1) is 7.86. The average molecular weight is 170 g/mol. The van der Waals surface area contributed by atoms with Crippen LogP contribution in [-0.4, -0.2) is 54.7 Å². The molecule has 0 bridgehead atoms. The molecule has 12 heavy (non-hydrogen) atoms. The summed E-state index contributed by atoms with van der Waals surface area (Å²) in [4.78, 5) is 15.0. The summed E-state index contributed by atoms with van der Waals surface area (Å²) in [5.41, 5.74) is -0.165. The number of nitrogens with zero attached hydrogens (tertiary/aromatic N) is 2.